The number of hydrogen-bond donors (Lipinski definition) is 0. The lowest BCUT2D eigenvalue weighted by molar-refractivity contribution is -0.157. The summed E-state index contributed by atoms with van der Waals surface area (Å²) in [5.74, 6) is -0.481. The molecule has 0 fully saturated rings. The zero-order valence-corrected chi connectivity index (χ0v) is 29.4. The van der Waals surface area contributed by atoms with Crippen LogP contribution in [0.15, 0.2) is 0 Å². The van der Waals surface area contributed by atoms with E-state index in [4.69, 9.17) is 13.6 Å². The summed E-state index contributed by atoms with van der Waals surface area (Å²) >= 11 is 1.75. The zero-order valence-electron chi connectivity index (χ0n) is 26.5. The van der Waals surface area contributed by atoms with Crippen molar-refractivity contribution < 1.29 is 23.2 Å². The highest BCUT2D eigenvalue weighted by molar-refractivity contribution is 8.01. The van der Waals surface area contributed by atoms with Gasteiger partial charge in [0, 0.05) is 15.9 Å². The fraction of sp³-hybridized carbons (Fsp3) is 0.929. The van der Waals surface area contributed by atoms with Crippen molar-refractivity contribution in [2.24, 2.45) is 5.92 Å². The summed E-state index contributed by atoms with van der Waals surface area (Å²) in [5, 5.41) is 0.0720. The molecule has 0 radical (unpaired) electrons. The molecule has 0 saturated carbocycles. The Morgan fingerprint density at radius 3 is 1.58 bits per heavy atom. The average molecular weight is 563 g/mol. The van der Waals surface area contributed by atoms with Crippen LogP contribution in [-0.2, 0) is 23.2 Å². The molecule has 214 valence electrons. The highest BCUT2D eigenvalue weighted by atomic mass is 32.2. The minimum Gasteiger partial charge on any atom is -0.460 e. The predicted octanol–water partition coefficient (Wildman–Crippen LogP) is 8.23. The maximum Gasteiger partial charge on any atom is 0.308 e. The predicted molar refractivity (Wildman–Crippen MR) is 161 cm³/mol. The largest absolute Gasteiger partial charge is 0.460 e. The van der Waals surface area contributed by atoms with Crippen LogP contribution in [0.3, 0.4) is 0 Å². The molecule has 0 aromatic heterocycles. The fourth-order valence-corrected chi connectivity index (χ4v) is 8.10. The monoisotopic (exact) mass is 562 g/mol. The Morgan fingerprint density at radius 2 is 1.22 bits per heavy atom. The summed E-state index contributed by atoms with van der Waals surface area (Å²) in [6, 6.07) is 0. The highest BCUT2D eigenvalue weighted by Crippen LogP contribution is 2.45. The molecule has 0 aromatic carbocycles. The molecule has 0 N–H and O–H groups in total. The first kappa shape index (κ1) is 35.8. The van der Waals surface area contributed by atoms with Crippen LogP contribution in [0.25, 0.3) is 0 Å². The molecule has 5 nitrogen and oxygen atoms in total. The summed E-state index contributed by atoms with van der Waals surface area (Å²) in [4.78, 5) is 24.9. The van der Waals surface area contributed by atoms with Gasteiger partial charge in [-0.25, -0.2) is 0 Å². The maximum absolute atomic E-state index is 13.0. The Kier molecular flexibility index (Phi) is 12.3. The third-order valence-electron chi connectivity index (χ3n) is 7.71. The van der Waals surface area contributed by atoms with E-state index in [0.29, 0.717) is 0 Å². The molecular weight excluding hydrogens is 505 g/mol. The summed E-state index contributed by atoms with van der Waals surface area (Å²) in [6.07, 6.45) is 0.642. The molecule has 0 aliphatic rings. The van der Waals surface area contributed by atoms with Gasteiger partial charge in [0.2, 0.25) is 0 Å². The summed E-state index contributed by atoms with van der Waals surface area (Å²) < 4.78 is 19.0. The summed E-state index contributed by atoms with van der Waals surface area (Å²) in [5.41, 5.74) is -0.551. The minimum absolute atomic E-state index is 0.00551. The van der Waals surface area contributed by atoms with Gasteiger partial charge in [0.15, 0.2) is 16.6 Å². The summed E-state index contributed by atoms with van der Waals surface area (Å²) in [6.45, 7) is 36.2. The number of carbonyl (C=O) groups is 2. The molecule has 0 spiro atoms. The van der Waals surface area contributed by atoms with E-state index in [2.05, 4.69) is 88.5 Å². The second-order valence-electron chi connectivity index (χ2n) is 14.9. The molecule has 36 heavy (non-hydrogen) atoms. The van der Waals surface area contributed by atoms with E-state index >= 15 is 0 Å². The van der Waals surface area contributed by atoms with Gasteiger partial charge in [-0.1, -0.05) is 55.4 Å². The fourth-order valence-electron chi connectivity index (χ4n) is 3.34. The van der Waals surface area contributed by atoms with E-state index in [1.807, 2.05) is 27.7 Å². The van der Waals surface area contributed by atoms with Gasteiger partial charge < -0.3 is 18.4 Å². The molecule has 0 aromatic rings. The summed E-state index contributed by atoms with van der Waals surface area (Å²) in [7, 11) is -4.27. The number of ether oxygens (including phenoxy) is 1. The van der Waals surface area contributed by atoms with E-state index in [-0.39, 0.29) is 45.8 Å². The van der Waals surface area contributed by atoms with E-state index in [1.54, 1.807) is 11.8 Å². The van der Waals surface area contributed by atoms with Crippen LogP contribution in [0.2, 0.25) is 36.3 Å². The Bertz CT molecular complexity index is 730. The Hall–Kier alpha value is -0.156. The van der Waals surface area contributed by atoms with Crippen molar-refractivity contribution in [3.05, 3.63) is 0 Å². The van der Waals surface area contributed by atoms with Gasteiger partial charge in [-0.15, -0.1) is 11.8 Å². The zero-order chi connectivity index (χ0) is 29.1. The van der Waals surface area contributed by atoms with E-state index < -0.39 is 27.0 Å². The van der Waals surface area contributed by atoms with Crippen LogP contribution in [0.1, 0.15) is 96.4 Å². The smallest absolute Gasteiger partial charge is 0.308 e. The van der Waals surface area contributed by atoms with Crippen molar-refractivity contribution in [3.8, 4) is 0 Å². The number of rotatable bonds is 12. The van der Waals surface area contributed by atoms with Crippen LogP contribution in [-0.4, -0.2) is 56.7 Å². The van der Waals surface area contributed by atoms with E-state index in [9.17, 15) is 9.59 Å². The van der Waals surface area contributed by atoms with Gasteiger partial charge in [0.25, 0.3) is 0 Å². The standard InChI is InChI=1S/C28H58O5SSi2/c1-20(19-29)24(33-36(16,17)27(9,10)11)21(2)34-28(12,13)22(18-23(30)31-25(3,4)5)32-35(14,15)26(6,7)8/h19-22,24H,18H2,1-17H3/t20-,21+,22?,24-/m0/s1. The van der Waals surface area contributed by atoms with Gasteiger partial charge in [-0.3, -0.25) is 4.79 Å². The first-order valence-electron chi connectivity index (χ1n) is 13.4. The average Bonchev–Trinajstić information content (AvgIpc) is 2.60. The van der Waals surface area contributed by atoms with Crippen molar-refractivity contribution in [1.29, 1.82) is 0 Å². The molecule has 4 atom stereocenters. The lowest BCUT2D eigenvalue weighted by atomic mass is 10.0. The second-order valence-corrected chi connectivity index (χ2v) is 26.5. The van der Waals surface area contributed by atoms with Crippen LogP contribution >= 0.6 is 11.8 Å². The van der Waals surface area contributed by atoms with Crippen LogP contribution in [0.4, 0.5) is 0 Å². The Balaban J connectivity index is 6.16. The first-order chi connectivity index (χ1) is 15.7. The Labute approximate surface area is 229 Å². The highest BCUT2D eigenvalue weighted by Gasteiger charge is 2.47. The van der Waals surface area contributed by atoms with Crippen LogP contribution in [0, 0.1) is 5.92 Å². The maximum atomic E-state index is 13.0. The molecule has 0 saturated heterocycles. The molecule has 0 aliphatic carbocycles. The van der Waals surface area contributed by atoms with Crippen LogP contribution in [0.5, 0.6) is 0 Å². The van der Waals surface area contributed by atoms with Crippen molar-refractivity contribution in [3.63, 3.8) is 0 Å². The first-order valence-corrected chi connectivity index (χ1v) is 20.1. The molecule has 0 heterocycles. The van der Waals surface area contributed by atoms with E-state index in [0.717, 1.165) is 6.29 Å². The number of hydrogen-bond acceptors (Lipinski definition) is 6. The quantitative estimate of drug-likeness (QED) is 0.136. The molecule has 0 amide bonds. The lowest BCUT2D eigenvalue weighted by Crippen LogP contribution is -2.52. The lowest BCUT2D eigenvalue weighted by Gasteiger charge is -2.46. The topological polar surface area (TPSA) is 61.8 Å². The van der Waals surface area contributed by atoms with Crippen molar-refractivity contribution >= 4 is 40.7 Å². The van der Waals surface area contributed by atoms with Gasteiger partial charge >= 0.3 is 5.97 Å². The molecule has 8 heteroatoms. The number of esters is 1. The third-order valence-corrected chi connectivity index (χ3v) is 18.2. The number of aldehydes is 1. The molecular formula is C28H58O5SSi2. The van der Waals surface area contributed by atoms with Gasteiger partial charge in [-0.2, -0.15) is 0 Å². The number of thioether (sulfide) groups is 1. The normalized spacial score (nSPS) is 17.8. The minimum atomic E-state index is -2.17. The van der Waals surface area contributed by atoms with Gasteiger partial charge in [-0.05, 0) is 70.9 Å². The van der Waals surface area contributed by atoms with Crippen molar-refractivity contribution in [1.82, 2.24) is 0 Å². The van der Waals surface area contributed by atoms with Crippen molar-refractivity contribution in [2.45, 2.75) is 160 Å². The van der Waals surface area contributed by atoms with Crippen molar-refractivity contribution in [2.75, 3.05) is 0 Å². The SMILES string of the molecule is C[C@@H](C=O)[C@H](O[Si](C)(C)C(C)(C)C)[C@@H](C)SC(C)(C)C(CC(=O)OC(C)(C)C)O[Si](C)(C)C(C)(C)C. The molecule has 0 rings (SSSR count). The Morgan fingerprint density at radius 1 is 0.806 bits per heavy atom. The molecule has 0 aliphatic heterocycles. The third kappa shape index (κ3) is 10.9. The van der Waals surface area contributed by atoms with Gasteiger partial charge in [0.05, 0.1) is 18.6 Å². The second kappa shape index (κ2) is 12.4. The molecule has 1 unspecified atom stereocenters. The van der Waals surface area contributed by atoms with E-state index in [1.165, 1.54) is 0 Å². The molecule has 0 bridgehead atoms. The number of carbonyl (C=O) groups excluding carboxylic acids is 2. The van der Waals surface area contributed by atoms with Gasteiger partial charge in [0.1, 0.15) is 11.9 Å². The van der Waals surface area contributed by atoms with Crippen LogP contribution < -0.4 is 0 Å².